The Bertz CT molecular complexity index is 1210. The number of hydrogen-bond donors (Lipinski definition) is 1. The predicted octanol–water partition coefficient (Wildman–Crippen LogP) is 7.34. The minimum absolute atomic E-state index is 0.0828. The number of carbonyl (C=O) groups is 1. The molecule has 0 aliphatic rings. The lowest BCUT2D eigenvalue weighted by atomic mass is 9.86. The van der Waals surface area contributed by atoms with Gasteiger partial charge in [0.2, 0.25) is 0 Å². The molecule has 0 saturated heterocycles. The SMILES string of the molecule is CC(C)(C)CC(=O)c1c(-c2ccc3c(Br)c(O)ccc3c2)oc2ccccc12. The average Bonchev–Trinajstić information content (AvgIpc) is 3.03. The van der Waals surface area contributed by atoms with Crippen LogP contribution in [0.4, 0.5) is 0 Å². The van der Waals surface area contributed by atoms with E-state index in [4.69, 9.17) is 4.42 Å². The van der Waals surface area contributed by atoms with Gasteiger partial charge in [0.25, 0.3) is 0 Å². The third-order valence-corrected chi connectivity index (χ3v) is 5.59. The molecule has 4 rings (SSSR count). The predicted molar refractivity (Wildman–Crippen MR) is 117 cm³/mol. The van der Waals surface area contributed by atoms with Crippen LogP contribution in [0.2, 0.25) is 0 Å². The molecule has 4 heteroatoms. The summed E-state index contributed by atoms with van der Waals surface area (Å²) in [4.78, 5) is 13.2. The van der Waals surface area contributed by atoms with Crippen molar-refractivity contribution in [1.29, 1.82) is 0 Å². The Morgan fingerprint density at radius 1 is 1.04 bits per heavy atom. The van der Waals surface area contributed by atoms with Crippen LogP contribution in [0.1, 0.15) is 37.6 Å². The molecule has 0 aliphatic heterocycles. The zero-order chi connectivity index (χ0) is 20.1. The molecule has 0 fully saturated rings. The van der Waals surface area contributed by atoms with Gasteiger partial charge in [-0.15, -0.1) is 0 Å². The highest BCUT2D eigenvalue weighted by molar-refractivity contribution is 9.10. The number of phenolic OH excluding ortho intramolecular Hbond substituents is 1. The number of para-hydroxylation sites is 1. The number of halogens is 1. The van der Waals surface area contributed by atoms with Gasteiger partial charge in [0.15, 0.2) is 5.78 Å². The molecule has 4 aromatic rings. The second-order valence-corrected chi connectivity index (χ2v) is 9.09. The number of rotatable bonds is 3. The Labute approximate surface area is 172 Å². The summed E-state index contributed by atoms with van der Waals surface area (Å²) in [5, 5.41) is 12.6. The van der Waals surface area contributed by atoms with E-state index >= 15 is 0 Å². The fourth-order valence-electron chi connectivity index (χ4n) is 3.52. The number of aromatic hydroxyl groups is 1. The molecule has 0 amide bonds. The first-order valence-corrected chi connectivity index (χ1v) is 10.0. The van der Waals surface area contributed by atoms with Crippen LogP contribution in [-0.2, 0) is 0 Å². The van der Waals surface area contributed by atoms with Crippen LogP contribution in [0.3, 0.4) is 0 Å². The van der Waals surface area contributed by atoms with Crippen molar-refractivity contribution >= 4 is 43.5 Å². The first-order valence-electron chi connectivity index (χ1n) is 9.21. The summed E-state index contributed by atoms with van der Waals surface area (Å²) < 4.78 is 6.80. The lowest BCUT2D eigenvalue weighted by Crippen LogP contribution is -2.13. The van der Waals surface area contributed by atoms with Crippen molar-refractivity contribution in [3.8, 4) is 17.1 Å². The smallest absolute Gasteiger partial charge is 0.167 e. The molecule has 3 aromatic carbocycles. The first-order chi connectivity index (χ1) is 13.2. The minimum Gasteiger partial charge on any atom is -0.507 e. The van der Waals surface area contributed by atoms with Gasteiger partial charge >= 0.3 is 0 Å². The van der Waals surface area contributed by atoms with Crippen LogP contribution in [0.5, 0.6) is 5.75 Å². The highest BCUT2D eigenvalue weighted by atomic mass is 79.9. The highest BCUT2D eigenvalue weighted by Gasteiger charge is 2.25. The Hall–Kier alpha value is -2.59. The Morgan fingerprint density at radius 3 is 2.54 bits per heavy atom. The van der Waals surface area contributed by atoms with Crippen molar-refractivity contribution in [3.63, 3.8) is 0 Å². The quantitative estimate of drug-likeness (QED) is 0.341. The van der Waals surface area contributed by atoms with E-state index in [1.807, 2.05) is 48.5 Å². The third-order valence-electron chi connectivity index (χ3n) is 4.76. The molecule has 28 heavy (non-hydrogen) atoms. The summed E-state index contributed by atoms with van der Waals surface area (Å²) >= 11 is 3.43. The third kappa shape index (κ3) is 3.33. The lowest BCUT2D eigenvalue weighted by molar-refractivity contribution is 0.0941. The maximum absolute atomic E-state index is 13.2. The standard InChI is InChI=1S/C24H21BrO3/c1-24(2,3)13-19(27)21-17-6-4-5-7-20(17)28-23(21)15-8-10-16-14(12-15)9-11-18(26)22(16)25/h4-12,26H,13H2,1-3H3. The Balaban J connectivity index is 1.93. The van der Waals surface area contributed by atoms with Crippen LogP contribution in [0.25, 0.3) is 33.1 Å². The van der Waals surface area contributed by atoms with Crippen LogP contribution in [-0.4, -0.2) is 10.9 Å². The summed E-state index contributed by atoms with van der Waals surface area (Å²) in [5.74, 6) is 0.881. The van der Waals surface area contributed by atoms with Crippen molar-refractivity contribution in [1.82, 2.24) is 0 Å². The zero-order valence-electron chi connectivity index (χ0n) is 16.0. The van der Waals surface area contributed by atoms with E-state index in [2.05, 4.69) is 36.7 Å². The minimum atomic E-state index is -0.113. The zero-order valence-corrected chi connectivity index (χ0v) is 17.6. The largest absolute Gasteiger partial charge is 0.507 e. The number of hydrogen-bond acceptors (Lipinski definition) is 3. The Morgan fingerprint density at radius 2 is 1.79 bits per heavy atom. The molecule has 1 N–H and O–H groups in total. The van der Waals surface area contributed by atoms with E-state index < -0.39 is 0 Å². The summed E-state index contributed by atoms with van der Waals surface area (Å²) in [7, 11) is 0. The van der Waals surface area contributed by atoms with Crippen LogP contribution in [0, 0.1) is 5.41 Å². The molecule has 1 aromatic heterocycles. The van der Waals surface area contributed by atoms with Crippen molar-refractivity contribution in [2.24, 2.45) is 5.41 Å². The van der Waals surface area contributed by atoms with Gasteiger partial charge in [-0.2, -0.15) is 0 Å². The number of fused-ring (bicyclic) bond motifs is 2. The number of furan rings is 1. The van der Waals surface area contributed by atoms with Gasteiger partial charge in [-0.05, 0) is 50.3 Å². The number of phenols is 1. The molecule has 0 saturated carbocycles. The fraction of sp³-hybridized carbons (Fsp3) is 0.208. The molecule has 0 spiro atoms. The van der Waals surface area contributed by atoms with Crippen LogP contribution < -0.4 is 0 Å². The summed E-state index contributed by atoms with van der Waals surface area (Å²) in [6.07, 6.45) is 0.441. The highest BCUT2D eigenvalue weighted by Crippen LogP contribution is 2.39. The molecule has 0 bridgehead atoms. The van der Waals surface area contributed by atoms with Gasteiger partial charge in [-0.1, -0.05) is 57.2 Å². The summed E-state index contributed by atoms with van der Waals surface area (Å²) in [5.41, 5.74) is 2.08. The van der Waals surface area contributed by atoms with Gasteiger partial charge < -0.3 is 9.52 Å². The van der Waals surface area contributed by atoms with Gasteiger partial charge in [0.05, 0.1) is 10.0 Å². The average molecular weight is 437 g/mol. The van der Waals surface area contributed by atoms with E-state index in [0.29, 0.717) is 27.8 Å². The second kappa shape index (κ2) is 6.78. The molecule has 0 aliphatic carbocycles. The molecule has 1 heterocycles. The molecule has 3 nitrogen and oxygen atoms in total. The van der Waals surface area contributed by atoms with Crippen molar-refractivity contribution in [2.45, 2.75) is 27.2 Å². The summed E-state index contributed by atoms with van der Waals surface area (Å²) in [6.45, 7) is 6.19. The maximum Gasteiger partial charge on any atom is 0.167 e. The second-order valence-electron chi connectivity index (χ2n) is 8.30. The van der Waals surface area contributed by atoms with E-state index in [1.54, 1.807) is 6.07 Å². The summed E-state index contributed by atoms with van der Waals surface area (Å²) in [6, 6.07) is 17.0. The van der Waals surface area contributed by atoms with Gasteiger partial charge in [-0.25, -0.2) is 0 Å². The van der Waals surface area contributed by atoms with E-state index in [1.165, 1.54) is 0 Å². The van der Waals surface area contributed by atoms with Crippen LogP contribution in [0.15, 0.2) is 63.5 Å². The van der Waals surface area contributed by atoms with E-state index in [0.717, 1.165) is 21.7 Å². The maximum atomic E-state index is 13.2. The van der Waals surface area contributed by atoms with Crippen molar-refractivity contribution < 1.29 is 14.3 Å². The number of benzene rings is 3. The van der Waals surface area contributed by atoms with Crippen molar-refractivity contribution in [3.05, 3.63) is 64.6 Å². The fourth-order valence-corrected chi connectivity index (χ4v) is 4.01. The normalized spacial score (nSPS) is 12.0. The van der Waals surface area contributed by atoms with Gasteiger partial charge in [0, 0.05) is 17.4 Å². The molecular formula is C24H21BrO3. The lowest BCUT2D eigenvalue weighted by Gasteiger charge is -2.17. The van der Waals surface area contributed by atoms with Crippen molar-refractivity contribution in [2.75, 3.05) is 0 Å². The number of Topliss-reactive ketones (excluding diaryl/α,β-unsaturated/α-hetero) is 1. The van der Waals surface area contributed by atoms with Gasteiger partial charge in [0.1, 0.15) is 17.1 Å². The monoisotopic (exact) mass is 436 g/mol. The molecule has 0 unspecified atom stereocenters. The number of ketones is 1. The first kappa shape index (κ1) is 18.8. The van der Waals surface area contributed by atoms with E-state index in [-0.39, 0.29) is 16.9 Å². The van der Waals surface area contributed by atoms with E-state index in [9.17, 15) is 9.90 Å². The molecule has 0 atom stereocenters. The Kier molecular flexibility index (Phi) is 4.54. The van der Waals surface area contributed by atoms with Gasteiger partial charge in [-0.3, -0.25) is 4.79 Å². The molecule has 142 valence electrons. The molecule has 0 radical (unpaired) electrons. The van der Waals surface area contributed by atoms with Crippen LogP contribution >= 0.6 is 15.9 Å². The number of carbonyl (C=O) groups excluding carboxylic acids is 1. The molecular weight excluding hydrogens is 416 g/mol. The topological polar surface area (TPSA) is 50.4 Å².